The first-order chi connectivity index (χ1) is 14.2. The van der Waals surface area contributed by atoms with Gasteiger partial charge < -0.3 is 16.4 Å². The van der Waals surface area contributed by atoms with Gasteiger partial charge in [0.05, 0.1) is 12.6 Å². The van der Waals surface area contributed by atoms with Gasteiger partial charge in [-0.05, 0) is 37.7 Å². The zero-order valence-electron chi connectivity index (χ0n) is 17.2. The first-order valence-electron chi connectivity index (χ1n) is 9.71. The molecule has 2 amide bonds. The average molecular weight is 440 g/mol. The summed E-state index contributed by atoms with van der Waals surface area (Å²) in [7, 11) is 0. The Balaban J connectivity index is 2.14. The van der Waals surface area contributed by atoms with Crippen LogP contribution in [0, 0.1) is 11.6 Å². The molecule has 0 aliphatic rings. The Hall–Kier alpha value is -2.59. The maximum atomic E-state index is 13.6. The maximum Gasteiger partial charge on any atom is 0.243 e. The molecule has 0 saturated heterocycles. The van der Waals surface area contributed by atoms with Crippen molar-refractivity contribution in [3.63, 3.8) is 0 Å². The zero-order chi connectivity index (χ0) is 22.3. The summed E-state index contributed by atoms with van der Waals surface area (Å²) in [4.78, 5) is 32.1. The van der Waals surface area contributed by atoms with E-state index in [1.807, 2.05) is 18.7 Å². The van der Waals surface area contributed by atoms with Gasteiger partial charge in [-0.1, -0.05) is 19.9 Å². The molecule has 0 bridgehead atoms. The van der Waals surface area contributed by atoms with Gasteiger partial charge in [0.1, 0.15) is 6.04 Å². The summed E-state index contributed by atoms with van der Waals surface area (Å²) in [6.45, 7) is 7.20. The smallest absolute Gasteiger partial charge is 0.243 e. The molecular formula is C20H27F2N5O2S. The number of nitrogen functional groups attached to an aromatic ring is 1. The zero-order valence-corrected chi connectivity index (χ0v) is 18.1. The number of anilines is 1. The van der Waals surface area contributed by atoms with Crippen LogP contribution >= 0.6 is 11.3 Å². The lowest BCUT2D eigenvalue weighted by atomic mass is 10.0. The predicted molar refractivity (Wildman–Crippen MR) is 113 cm³/mol. The highest BCUT2D eigenvalue weighted by Gasteiger charge is 2.26. The molecule has 10 heteroatoms. The standard InChI is InChI=1S/C20H27F2N5O2S/c1-4-27(5-2)12(3)18(28)26-17(9-13-6-7-15(21)16(22)8-13)19(29)24-10-14-11-25-20(23)30-14/h6-8,11-12,17H,4-5,9-10H2,1-3H3,(H2,23,25)(H,24,29)(H,26,28)/t12?,17-/m0/s1. The SMILES string of the molecule is CCN(CC)C(C)C(=O)N[C@@H](Cc1ccc(F)c(F)c1)C(=O)NCc1cnc(N)s1. The molecule has 1 aromatic carbocycles. The third-order valence-corrected chi connectivity index (χ3v) is 5.63. The van der Waals surface area contributed by atoms with Crippen LogP contribution in [-0.2, 0) is 22.6 Å². The number of benzene rings is 1. The molecule has 2 atom stereocenters. The van der Waals surface area contributed by atoms with Crippen LogP contribution in [0.4, 0.5) is 13.9 Å². The average Bonchev–Trinajstić information content (AvgIpc) is 3.14. The van der Waals surface area contributed by atoms with Crippen molar-refractivity contribution in [3.05, 3.63) is 46.5 Å². The number of nitrogens with zero attached hydrogens (tertiary/aromatic N) is 2. The summed E-state index contributed by atoms with van der Waals surface area (Å²) < 4.78 is 26.8. The van der Waals surface area contributed by atoms with Gasteiger partial charge in [0.25, 0.3) is 0 Å². The van der Waals surface area contributed by atoms with Crippen molar-refractivity contribution in [2.45, 2.75) is 45.8 Å². The minimum Gasteiger partial charge on any atom is -0.375 e. The third-order valence-electron chi connectivity index (χ3n) is 4.80. The number of rotatable bonds is 10. The second-order valence-electron chi connectivity index (χ2n) is 6.79. The normalized spacial score (nSPS) is 13.1. The van der Waals surface area contributed by atoms with E-state index in [0.29, 0.717) is 23.8 Å². The second kappa shape index (κ2) is 11.0. The van der Waals surface area contributed by atoms with Crippen molar-refractivity contribution in [2.24, 2.45) is 0 Å². The van der Waals surface area contributed by atoms with Gasteiger partial charge in [0, 0.05) is 17.5 Å². The van der Waals surface area contributed by atoms with Crippen molar-refractivity contribution in [1.82, 2.24) is 20.5 Å². The highest BCUT2D eigenvalue weighted by atomic mass is 32.1. The van der Waals surface area contributed by atoms with E-state index >= 15 is 0 Å². The molecule has 0 aliphatic carbocycles. The summed E-state index contributed by atoms with van der Waals surface area (Å²) in [5.74, 6) is -2.73. The molecule has 7 nitrogen and oxygen atoms in total. The first kappa shape index (κ1) is 23.7. The monoisotopic (exact) mass is 439 g/mol. The maximum absolute atomic E-state index is 13.6. The van der Waals surface area contributed by atoms with E-state index in [0.717, 1.165) is 17.0 Å². The van der Waals surface area contributed by atoms with Crippen LogP contribution in [-0.4, -0.2) is 46.9 Å². The Morgan fingerprint density at radius 1 is 1.20 bits per heavy atom. The van der Waals surface area contributed by atoms with Crippen LogP contribution in [0.25, 0.3) is 0 Å². The Bertz CT molecular complexity index is 873. The molecular weight excluding hydrogens is 412 g/mol. The van der Waals surface area contributed by atoms with E-state index in [-0.39, 0.29) is 18.9 Å². The van der Waals surface area contributed by atoms with Gasteiger partial charge in [0.15, 0.2) is 16.8 Å². The summed E-state index contributed by atoms with van der Waals surface area (Å²) in [6.07, 6.45) is 1.58. The molecule has 164 valence electrons. The molecule has 2 rings (SSSR count). The quantitative estimate of drug-likeness (QED) is 0.526. The molecule has 4 N–H and O–H groups in total. The van der Waals surface area contributed by atoms with Crippen molar-refractivity contribution < 1.29 is 18.4 Å². The lowest BCUT2D eigenvalue weighted by Crippen LogP contribution is -2.53. The van der Waals surface area contributed by atoms with Crippen molar-refractivity contribution in [3.8, 4) is 0 Å². The van der Waals surface area contributed by atoms with Crippen molar-refractivity contribution in [2.75, 3.05) is 18.8 Å². The fourth-order valence-electron chi connectivity index (χ4n) is 3.04. The van der Waals surface area contributed by atoms with Crippen LogP contribution in [0.1, 0.15) is 31.2 Å². The highest BCUT2D eigenvalue weighted by Crippen LogP contribution is 2.14. The van der Waals surface area contributed by atoms with Gasteiger partial charge in [-0.2, -0.15) is 0 Å². The number of nitrogens with one attached hydrogen (secondary N) is 2. The summed E-state index contributed by atoms with van der Waals surface area (Å²) in [5.41, 5.74) is 5.99. The number of nitrogens with two attached hydrogens (primary N) is 1. The number of amides is 2. The lowest BCUT2D eigenvalue weighted by molar-refractivity contribution is -0.131. The Morgan fingerprint density at radius 2 is 1.90 bits per heavy atom. The molecule has 0 aliphatic heterocycles. The summed E-state index contributed by atoms with van der Waals surface area (Å²) in [5, 5.41) is 5.87. The third kappa shape index (κ3) is 6.46. The van der Waals surface area contributed by atoms with Gasteiger partial charge in [-0.15, -0.1) is 11.3 Å². The van der Waals surface area contributed by atoms with E-state index < -0.39 is 29.6 Å². The molecule has 30 heavy (non-hydrogen) atoms. The van der Waals surface area contributed by atoms with E-state index in [1.54, 1.807) is 13.1 Å². The number of hydrogen-bond donors (Lipinski definition) is 3. The fraction of sp³-hybridized carbons (Fsp3) is 0.450. The second-order valence-corrected chi connectivity index (χ2v) is 7.94. The van der Waals surface area contributed by atoms with Crippen LogP contribution in [0.15, 0.2) is 24.4 Å². The van der Waals surface area contributed by atoms with Crippen LogP contribution < -0.4 is 16.4 Å². The number of hydrogen-bond acceptors (Lipinski definition) is 6. The van der Waals surface area contributed by atoms with Gasteiger partial charge in [-0.3, -0.25) is 14.5 Å². The van der Waals surface area contributed by atoms with Crippen LogP contribution in [0.3, 0.4) is 0 Å². The van der Waals surface area contributed by atoms with E-state index in [9.17, 15) is 18.4 Å². The minimum atomic E-state index is -1.00. The topological polar surface area (TPSA) is 100 Å². The van der Waals surface area contributed by atoms with Gasteiger partial charge >= 0.3 is 0 Å². The number of carbonyl (C=O) groups is 2. The molecule has 1 unspecified atom stereocenters. The van der Waals surface area contributed by atoms with Gasteiger partial charge in [-0.25, -0.2) is 13.8 Å². The number of likely N-dealkylation sites (N-methyl/N-ethyl adjacent to an activating group) is 1. The van der Waals surface area contributed by atoms with E-state index in [4.69, 9.17) is 5.73 Å². The summed E-state index contributed by atoms with van der Waals surface area (Å²) in [6, 6.07) is 2.02. The van der Waals surface area contributed by atoms with Crippen LogP contribution in [0.2, 0.25) is 0 Å². The first-order valence-corrected chi connectivity index (χ1v) is 10.5. The largest absolute Gasteiger partial charge is 0.375 e. The lowest BCUT2D eigenvalue weighted by Gasteiger charge is -2.27. The Morgan fingerprint density at radius 3 is 2.47 bits per heavy atom. The molecule has 0 fully saturated rings. The van der Waals surface area contributed by atoms with Gasteiger partial charge in [0.2, 0.25) is 11.8 Å². The fourth-order valence-corrected chi connectivity index (χ4v) is 3.67. The van der Waals surface area contributed by atoms with E-state index in [2.05, 4.69) is 15.6 Å². The molecule has 0 saturated carbocycles. The molecule has 1 heterocycles. The molecule has 0 spiro atoms. The molecule has 1 aromatic heterocycles. The molecule has 2 aromatic rings. The van der Waals surface area contributed by atoms with Crippen LogP contribution in [0.5, 0.6) is 0 Å². The van der Waals surface area contributed by atoms with E-state index in [1.165, 1.54) is 17.4 Å². The molecule has 0 radical (unpaired) electrons. The van der Waals surface area contributed by atoms with Crippen molar-refractivity contribution >= 4 is 28.3 Å². The summed E-state index contributed by atoms with van der Waals surface area (Å²) >= 11 is 1.24. The number of aromatic nitrogens is 1. The number of halogens is 2. The predicted octanol–water partition coefficient (Wildman–Crippen LogP) is 2.08. The van der Waals surface area contributed by atoms with Crippen molar-refractivity contribution in [1.29, 1.82) is 0 Å². The Kier molecular flexibility index (Phi) is 8.67. The number of carbonyl (C=O) groups excluding carboxylic acids is 2. The minimum absolute atomic E-state index is 0.0184. The Labute approximate surface area is 178 Å². The number of thiazole rings is 1. The highest BCUT2D eigenvalue weighted by molar-refractivity contribution is 7.15.